The fourth-order valence-corrected chi connectivity index (χ4v) is 4.51. The molecule has 158 valence electrons. The average molecular weight is 419 g/mol. The molecule has 0 saturated carbocycles. The lowest BCUT2D eigenvalue weighted by atomic mass is 10.1. The Balaban J connectivity index is 1.59. The summed E-state index contributed by atoms with van der Waals surface area (Å²) in [6.07, 6.45) is 3.00. The van der Waals surface area contributed by atoms with E-state index in [4.69, 9.17) is 9.47 Å². The summed E-state index contributed by atoms with van der Waals surface area (Å²) >= 11 is 0. The molecular formula is C22H30N2O4S. The monoisotopic (exact) mass is 418 g/mol. The molecule has 1 aliphatic rings. The van der Waals surface area contributed by atoms with Crippen molar-refractivity contribution in [3.63, 3.8) is 0 Å². The fraction of sp³-hybridized carbons (Fsp3) is 0.455. The Hall–Kier alpha value is -2.09. The number of ether oxygens (including phenoxy) is 2. The third kappa shape index (κ3) is 5.72. The van der Waals surface area contributed by atoms with Crippen molar-refractivity contribution in [2.24, 2.45) is 0 Å². The second-order valence-corrected chi connectivity index (χ2v) is 9.18. The molecule has 1 N–H and O–H groups in total. The van der Waals surface area contributed by atoms with E-state index < -0.39 is 10.0 Å². The van der Waals surface area contributed by atoms with E-state index in [9.17, 15) is 8.42 Å². The number of nitrogens with zero attached hydrogens (tertiary/aromatic N) is 1. The van der Waals surface area contributed by atoms with E-state index in [-0.39, 0.29) is 17.5 Å². The van der Waals surface area contributed by atoms with Crippen LogP contribution in [0.15, 0.2) is 47.4 Å². The van der Waals surface area contributed by atoms with Gasteiger partial charge in [-0.3, -0.25) is 0 Å². The maximum Gasteiger partial charge on any atom is 0.240 e. The largest absolute Gasteiger partial charge is 0.496 e. The third-order valence-electron chi connectivity index (χ3n) is 5.30. The second kappa shape index (κ2) is 9.61. The van der Waals surface area contributed by atoms with Crippen molar-refractivity contribution >= 4 is 10.0 Å². The van der Waals surface area contributed by atoms with Gasteiger partial charge in [0.05, 0.1) is 12.0 Å². The van der Waals surface area contributed by atoms with Crippen LogP contribution in [-0.4, -0.2) is 46.7 Å². The lowest BCUT2D eigenvalue weighted by Crippen LogP contribution is -2.35. The van der Waals surface area contributed by atoms with Gasteiger partial charge in [-0.05, 0) is 67.8 Å². The van der Waals surface area contributed by atoms with Gasteiger partial charge in [-0.2, -0.15) is 0 Å². The summed E-state index contributed by atoms with van der Waals surface area (Å²) < 4.78 is 39.3. The summed E-state index contributed by atoms with van der Waals surface area (Å²) in [5.74, 6) is 1.53. The number of piperidine rings is 1. The predicted octanol–water partition coefficient (Wildman–Crippen LogP) is 3.21. The maximum absolute atomic E-state index is 12.6. The summed E-state index contributed by atoms with van der Waals surface area (Å²) in [6, 6.07) is 12.5. The second-order valence-electron chi connectivity index (χ2n) is 7.42. The highest BCUT2D eigenvalue weighted by Crippen LogP contribution is 2.23. The Morgan fingerprint density at radius 2 is 1.79 bits per heavy atom. The molecule has 0 spiro atoms. The number of likely N-dealkylation sites (tertiary alicyclic amines) is 1. The Labute approximate surface area is 173 Å². The first kappa shape index (κ1) is 21.6. The normalized spacial score (nSPS) is 16.0. The van der Waals surface area contributed by atoms with E-state index in [2.05, 4.69) is 16.7 Å². The fourth-order valence-electron chi connectivity index (χ4n) is 3.44. The van der Waals surface area contributed by atoms with E-state index in [1.807, 2.05) is 31.2 Å². The van der Waals surface area contributed by atoms with Gasteiger partial charge in [-0.1, -0.05) is 19.1 Å². The van der Waals surface area contributed by atoms with Crippen LogP contribution in [0.4, 0.5) is 0 Å². The first-order chi connectivity index (χ1) is 13.9. The van der Waals surface area contributed by atoms with Crippen LogP contribution in [0.25, 0.3) is 0 Å². The van der Waals surface area contributed by atoms with Crippen molar-refractivity contribution in [1.82, 2.24) is 9.62 Å². The van der Waals surface area contributed by atoms with E-state index >= 15 is 0 Å². The van der Waals surface area contributed by atoms with Crippen LogP contribution in [0, 0.1) is 0 Å². The molecule has 6 nitrogen and oxygen atoms in total. The molecule has 0 bridgehead atoms. The number of nitrogens with one attached hydrogen (secondary N) is 1. The first-order valence-electron chi connectivity index (χ1n) is 10.0. The zero-order chi connectivity index (χ0) is 20.9. The third-order valence-corrected chi connectivity index (χ3v) is 6.70. The molecule has 0 unspecified atom stereocenters. The number of aryl methyl sites for hydroxylation is 1. The van der Waals surface area contributed by atoms with E-state index in [0.29, 0.717) is 12.2 Å². The summed E-state index contributed by atoms with van der Waals surface area (Å²) in [6.45, 7) is 4.30. The molecule has 2 aromatic rings. The Morgan fingerprint density at radius 3 is 2.41 bits per heavy atom. The van der Waals surface area contributed by atoms with Gasteiger partial charge in [0.15, 0.2) is 0 Å². The number of sulfonamides is 1. The molecule has 0 amide bonds. The molecule has 2 aromatic carbocycles. The van der Waals surface area contributed by atoms with Gasteiger partial charge in [0, 0.05) is 19.6 Å². The van der Waals surface area contributed by atoms with Gasteiger partial charge < -0.3 is 14.4 Å². The van der Waals surface area contributed by atoms with Crippen molar-refractivity contribution in [3.05, 3.63) is 53.6 Å². The highest BCUT2D eigenvalue weighted by Gasteiger charge is 2.18. The lowest BCUT2D eigenvalue weighted by Gasteiger charge is -2.29. The first-order valence-corrected chi connectivity index (χ1v) is 11.5. The maximum atomic E-state index is 12.6. The van der Waals surface area contributed by atoms with Gasteiger partial charge in [0.25, 0.3) is 0 Å². The number of hydrogen-bond donors (Lipinski definition) is 1. The van der Waals surface area contributed by atoms with E-state index in [1.165, 1.54) is 0 Å². The van der Waals surface area contributed by atoms with Crippen molar-refractivity contribution in [1.29, 1.82) is 0 Å². The molecule has 0 aromatic heterocycles. The zero-order valence-electron chi connectivity index (χ0n) is 17.3. The minimum Gasteiger partial charge on any atom is -0.496 e. The molecule has 3 rings (SSSR count). The standard InChI is InChI=1S/C22H30N2O4S/c1-4-18-15-21(9-10-22(18)27-3)29(25,26)23-16-17-5-7-19(8-6-17)28-20-11-13-24(2)14-12-20/h5-10,15,20,23H,4,11-14,16H2,1-3H3. The lowest BCUT2D eigenvalue weighted by molar-refractivity contribution is 0.114. The van der Waals surface area contributed by atoms with Gasteiger partial charge in [-0.15, -0.1) is 0 Å². The molecular weight excluding hydrogens is 388 g/mol. The Morgan fingerprint density at radius 1 is 1.10 bits per heavy atom. The van der Waals surface area contributed by atoms with E-state index in [0.717, 1.165) is 42.8 Å². The minimum atomic E-state index is -3.60. The number of rotatable bonds is 8. The molecule has 0 aliphatic carbocycles. The molecule has 1 aliphatic heterocycles. The smallest absolute Gasteiger partial charge is 0.240 e. The summed E-state index contributed by atoms with van der Waals surface area (Å²) in [7, 11) is 0.115. The molecule has 7 heteroatoms. The zero-order valence-corrected chi connectivity index (χ0v) is 18.2. The summed E-state index contributed by atoms with van der Waals surface area (Å²) in [5, 5.41) is 0. The van der Waals surface area contributed by atoms with Crippen molar-refractivity contribution in [2.75, 3.05) is 27.2 Å². The molecule has 1 heterocycles. The van der Waals surface area contributed by atoms with Crippen LogP contribution in [-0.2, 0) is 23.0 Å². The molecule has 1 fully saturated rings. The minimum absolute atomic E-state index is 0.227. The van der Waals surface area contributed by atoms with Crippen molar-refractivity contribution in [2.45, 2.75) is 43.7 Å². The van der Waals surface area contributed by atoms with Gasteiger partial charge >= 0.3 is 0 Å². The van der Waals surface area contributed by atoms with Crippen LogP contribution in [0.5, 0.6) is 11.5 Å². The van der Waals surface area contributed by atoms with Crippen molar-refractivity contribution < 1.29 is 17.9 Å². The average Bonchev–Trinajstić information content (AvgIpc) is 2.74. The van der Waals surface area contributed by atoms with Crippen LogP contribution < -0.4 is 14.2 Å². The van der Waals surface area contributed by atoms with Crippen LogP contribution >= 0.6 is 0 Å². The summed E-state index contributed by atoms with van der Waals surface area (Å²) in [4.78, 5) is 2.55. The van der Waals surface area contributed by atoms with Crippen LogP contribution in [0.3, 0.4) is 0 Å². The molecule has 29 heavy (non-hydrogen) atoms. The predicted molar refractivity (Wildman–Crippen MR) is 114 cm³/mol. The quantitative estimate of drug-likeness (QED) is 0.713. The number of methoxy groups -OCH3 is 1. The number of hydrogen-bond acceptors (Lipinski definition) is 5. The van der Waals surface area contributed by atoms with Gasteiger partial charge in [-0.25, -0.2) is 13.1 Å². The van der Waals surface area contributed by atoms with Crippen molar-refractivity contribution in [3.8, 4) is 11.5 Å². The molecule has 0 radical (unpaired) electrons. The number of benzene rings is 2. The Kier molecular flexibility index (Phi) is 7.16. The van der Waals surface area contributed by atoms with E-state index in [1.54, 1.807) is 25.3 Å². The van der Waals surface area contributed by atoms with Gasteiger partial charge in [0.1, 0.15) is 17.6 Å². The SMILES string of the molecule is CCc1cc(S(=O)(=O)NCc2ccc(OC3CCN(C)CC3)cc2)ccc1OC. The Bertz CT molecular complexity index is 905. The summed E-state index contributed by atoms with van der Waals surface area (Å²) in [5.41, 5.74) is 1.75. The highest BCUT2D eigenvalue weighted by molar-refractivity contribution is 7.89. The van der Waals surface area contributed by atoms with Crippen LogP contribution in [0.1, 0.15) is 30.9 Å². The highest BCUT2D eigenvalue weighted by atomic mass is 32.2. The molecule has 1 saturated heterocycles. The van der Waals surface area contributed by atoms with Gasteiger partial charge in [0.2, 0.25) is 10.0 Å². The van der Waals surface area contributed by atoms with Crippen LogP contribution in [0.2, 0.25) is 0 Å². The molecule has 0 atom stereocenters. The topological polar surface area (TPSA) is 67.9 Å².